The van der Waals surface area contributed by atoms with E-state index in [4.69, 9.17) is 9.47 Å². The monoisotopic (exact) mass is 320 g/mol. The maximum Gasteiger partial charge on any atom is 0.293 e. The zero-order valence-electron chi connectivity index (χ0n) is 12.7. The van der Waals surface area contributed by atoms with Crippen LogP contribution in [0.1, 0.15) is 18.5 Å². The lowest BCUT2D eigenvalue weighted by Gasteiger charge is -2.36. The Morgan fingerprint density at radius 3 is 2.87 bits per heavy atom. The highest BCUT2D eigenvalue weighted by molar-refractivity contribution is 5.97. The van der Waals surface area contributed by atoms with E-state index in [2.05, 4.69) is 5.32 Å². The minimum absolute atomic E-state index is 0.104. The molecule has 0 saturated carbocycles. The molecule has 23 heavy (non-hydrogen) atoms. The SMILES string of the molecule is CC1=C(C(=O)N2CCNC(=O)C2c2cccc(F)c2)OCCO1. The van der Waals surface area contributed by atoms with E-state index in [1.165, 1.54) is 23.1 Å². The van der Waals surface area contributed by atoms with Crippen LogP contribution in [0.4, 0.5) is 4.39 Å². The second-order valence-electron chi connectivity index (χ2n) is 5.33. The summed E-state index contributed by atoms with van der Waals surface area (Å²) in [5, 5.41) is 2.71. The third-order valence-corrected chi connectivity index (χ3v) is 3.80. The van der Waals surface area contributed by atoms with Crippen molar-refractivity contribution >= 4 is 11.8 Å². The summed E-state index contributed by atoms with van der Waals surface area (Å²) in [6.07, 6.45) is 0. The summed E-state index contributed by atoms with van der Waals surface area (Å²) in [4.78, 5) is 26.4. The molecule has 1 fully saturated rings. The molecule has 7 heteroatoms. The van der Waals surface area contributed by atoms with Crippen molar-refractivity contribution in [3.05, 3.63) is 47.2 Å². The standard InChI is InChI=1S/C16H17FN2O4/c1-10-14(23-8-7-22-10)16(21)19-6-5-18-15(20)13(19)11-3-2-4-12(17)9-11/h2-4,9,13H,5-8H2,1H3,(H,18,20). The lowest BCUT2D eigenvalue weighted by Crippen LogP contribution is -2.53. The number of hydrogen-bond donors (Lipinski definition) is 1. The number of rotatable bonds is 2. The summed E-state index contributed by atoms with van der Waals surface area (Å²) in [7, 11) is 0. The molecule has 122 valence electrons. The number of carbonyl (C=O) groups excluding carboxylic acids is 2. The molecule has 2 aliphatic rings. The molecule has 1 N–H and O–H groups in total. The first-order valence-electron chi connectivity index (χ1n) is 7.38. The molecule has 1 aromatic carbocycles. The maximum atomic E-state index is 13.5. The number of ether oxygens (including phenoxy) is 2. The number of hydrogen-bond acceptors (Lipinski definition) is 4. The molecule has 0 bridgehead atoms. The molecule has 2 amide bonds. The van der Waals surface area contributed by atoms with Crippen LogP contribution in [-0.2, 0) is 19.1 Å². The average molecular weight is 320 g/mol. The molecule has 1 saturated heterocycles. The zero-order chi connectivity index (χ0) is 16.4. The van der Waals surface area contributed by atoms with Gasteiger partial charge >= 0.3 is 0 Å². The van der Waals surface area contributed by atoms with E-state index in [9.17, 15) is 14.0 Å². The van der Waals surface area contributed by atoms with Gasteiger partial charge in [-0.05, 0) is 24.6 Å². The van der Waals surface area contributed by atoms with Gasteiger partial charge in [-0.3, -0.25) is 9.59 Å². The minimum atomic E-state index is -0.891. The number of allylic oxidation sites excluding steroid dienone is 1. The van der Waals surface area contributed by atoms with Gasteiger partial charge in [0.1, 0.15) is 30.8 Å². The van der Waals surface area contributed by atoms with Gasteiger partial charge in [0.25, 0.3) is 5.91 Å². The van der Waals surface area contributed by atoms with Gasteiger partial charge in [0.15, 0.2) is 0 Å². The van der Waals surface area contributed by atoms with Crippen LogP contribution in [0.3, 0.4) is 0 Å². The number of carbonyl (C=O) groups is 2. The van der Waals surface area contributed by atoms with E-state index in [0.29, 0.717) is 31.0 Å². The number of nitrogens with zero attached hydrogens (tertiary/aromatic N) is 1. The molecule has 3 rings (SSSR count). The number of amides is 2. The highest BCUT2D eigenvalue weighted by Gasteiger charge is 2.37. The van der Waals surface area contributed by atoms with Crippen LogP contribution in [0, 0.1) is 5.82 Å². The third-order valence-electron chi connectivity index (χ3n) is 3.80. The molecular weight excluding hydrogens is 303 g/mol. The predicted molar refractivity (Wildman–Crippen MR) is 78.5 cm³/mol. The molecule has 1 atom stereocenters. The summed E-state index contributed by atoms with van der Waals surface area (Å²) in [6.45, 7) is 2.96. The van der Waals surface area contributed by atoms with Crippen molar-refractivity contribution in [3.8, 4) is 0 Å². The van der Waals surface area contributed by atoms with Gasteiger partial charge in [-0.1, -0.05) is 12.1 Å². The zero-order valence-corrected chi connectivity index (χ0v) is 12.7. The van der Waals surface area contributed by atoms with Crippen LogP contribution in [0.2, 0.25) is 0 Å². The second-order valence-corrected chi connectivity index (χ2v) is 5.33. The molecule has 0 spiro atoms. The van der Waals surface area contributed by atoms with Crippen LogP contribution >= 0.6 is 0 Å². The fourth-order valence-corrected chi connectivity index (χ4v) is 2.74. The molecule has 1 unspecified atom stereocenters. The fourth-order valence-electron chi connectivity index (χ4n) is 2.74. The molecular formula is C16H17FN2O4. The van der Waals surface area contributed by atoms with Crippen molar-refractivity contribution < 1.29 is 23.5 Å². The molecule has 0 aromatic heterocycles. The van der Waals surface area contributed by atoms with Crippen LogP contribution in [-0.4, -0.2) is 43.0 Å². The first-order chi connectivity index (χ1) is 11.1. The molecule has 0 radical (unpaired) electrons. The van der Waals surface area contributed by atoms with Gasteiger partial charge in [0.05, 0.1) is 0 Å². The Morgan fingerprint density at radius 1 is 1.35 bits per heavy atom. The Bertz CT molecular complexity index is 674. The van der Waals surface area contributed by atoms with Gasteiger partial charge in [0.2, 0.25) is 11.7 Å². The predicted octanol–water partition coefficient (Wildman–Crippen LogP) is 1.10. The Balaban J connectivity index is 1.95. The summed E-state index contributed by atoms with van der Waals surface area (Å²) in [6, 6.07) is 4.80. The Kier molecular flexibility index (Phi) is 4.18. The summed E-state index contributed by atoms with van der Waals surface area (Å²) in [5.74, 6) is -0.727. The Morgan fingerprint density at radius 2 is 2.13 bits per heavy atom. The molecule has 2 heterocycles. The lowest BCUT2D eigenvalue weighted by atomic mass is 10.0. The van der Waals surface area contributed by atoms with Gasteiger partial charge in [-0.25, -0.2) is 4.39 Å². The Labute approximate surface area is 132 Å². The van der Waals surface area contributed by atoms with Crippen molar-refractivity contribution in [2.45, 2.75) is 13.0 Å². The highest BCUT2D eigenvalue weighted by atomic mass is 19.1. The van der Waals surface area contributed by atoms with Crippen LogP contribution in [0.15, 0.2) is 35.8 Å². The lowest BCUT2D eigenvalue weighted by molar-refractivity contribution is -0.144. The average Bonchev–Trinajstić information content (AvgIpc) is 2.54. The van der Waals surface area contributed by atoms with Gasteiger partial charge < -0.3 is 19.7 Å². The Hall–Kier alpha value is -2.57. The highest BCUT2D eigenvalue weighted by Crippen LogP contribution is 2.27. The first kappa shape index (κ1) is 15.3. The second kappa shape index (κ2) is 6.28. The van der Waals surface area contributed by atoms with E-state index in [-0.39, 0.29) is 18.3 Å². The first-order valence-corrected chi connectivity index (χ1v) is 7.38. The summed E-state index contributed by atoms with van der Waals surface area (Å²) in [5.41, 5.74) is 0.422. The van der Waals surface area contributed by atoms with Gasteiger partial charge in [-0.15, -0.1) is 0 Å². The van der Waals surface area contributed by atoms with Gasteiger partial charge in [-0.2, -0.15) is 0 Å². The van der Waals surface area contributed by atoms with E-state index < -0.39 is 17.8 Å². The number of benzene rings is 1. The van der Waals surface area contributed by atoms with E-state index in [1.54, 1.807) is 13.0 Å². The van der Waals surface area contributed by atoms with Crippen molar-refractivity contribution in [1.29, 1.82) is 0 Å². The molecule has 0 aliphatic carbocycles. The normalized spacial score (nSPS) is 21.4. The van der Waals surface area contributed by atoms with E-state index >= 15 is 0 Å². The molecule has 2 aliphatic heterocycles. The topological polar surface area (TPSA) is 67.9 Å². The molecule has 6 nitrogen and oxygen atoms in total. The third kappa shape index (κ3) is 2.99. The van der Waals surface area contributed by atoms with E-state index in [0.717, 1.165) is 0 Å². The van der Waals surface area contributed by atoms with Crippen molar-refractivity contribution in [1.82, 2.24) is 10.2 Å². The smallest absolute Gasteiger partial charge is 0.293 e. The number of nitrogens with one attached hydrogen (secondary N) is 1. The minimum Gasteiger partial charge on any atom is -0.491 e. The summed E-state index contributed by atoms with van der Waals surface area (Å²) >= 11 is 0. The number of piperazine rings is 1. The van der Waals surface area contributed by atoms with E-state index in [1.807, 2.05) is 0 Å². The van der Waals surface area contributed by atoms with Crippen molar-refractivity contribution in [2.24, 2.45) is 0 Å². The maximum absolute atomic E-state index is 13.5. The molecule has 1 aromatic rings. The quantitative estimate of drug-likeness (QED) is 0.886. The summed E-state index contributed by atoms with van der Waals surface area (Å²) < 4.78 is 24.2. The van der Waals surface area contributed by atoms with Gasteiger partial charge in [0, 0.05) is 13.1 Å². The largest absolute Gasteiger partial charge is 0.491 e. The van der Waals surface area contributed by atoms with Crippen LogP contribution < -0.4 is 5.32 Å². The fraction of sp³-hybridized carbons (Fsp3) is 0.375. The van der Waals surface area contributed by atoms with Crippen LogP contribution in [0.5, 0.6) is 0 Å². The van der Waals surface area contributed by atoms with Crippen molar-refractivity contribution in [3.63, 3.8) is 0 Å². The number of halogens is 1. The van der Waals surface area contributed by atoms with Crippen LogP contribution in [0.25, 0.3) is 0 Å². The van der Waals surface area contributed by atoms with Crippen molar-refractivity contribution in [2.75, 3.05) is 26.3 Å².